The van der Waals surface area contributed by atoms with Gasteiger partial charge in [0.25, 0.3) is 0 Å². The van der Waals surface area contributed by atoms with Crippen molar-refractivity contribution in [2.24, 2.45) is 0 Å². The van der Waals surface area contributed by atoms with Crippen LogP contribution in [0.3, 0.4) is 0 Å². The Labute approximate surface area is 123 Å². The molecule has 0 N–H and O–H groups in total. The van der Waals surface area contributed by atoms with Gasteiger partial charge < -0.3 is 4.90 Å². The quantitative estimate of drug-likeness (QED) is 0.868. The van der Waals surface area contributed by atoms with Crippen LogP contribution in [0.1, 0.15) is 30.9 Å². The third-order valence-electron chi connectivity index (χ3n) is 3.92. The van der Waals surface area contributed by atoms with E-state index in [0.29, 0.717) is 12.5 Å². The van der Waals surface area contributed by atoms with Crippen molar-refractivity contribution < 1.29 is 4.79 Å². The fourth-order valence-electron chi connectivity index (χ4n) is 2.72. The molecule has 1 aliphatic rings. The van der Waals surface area contributed by atoms with Crippen LogP contribution in [0.15, 0.2) is 35.3 Å². The van der Waals surface area contributed by atoms with Crippen LogP contribution in [-0.2, 0) is 11.2 Å². The first kappa shape index (κ1) is 13.4. The zero-order chi connectivity index (χ0) is 13.8. The molecule has 3 rings (SSSR count). The molecule has 1 amide bonds. The van der Waals surface area contributed by atoms with E-state index in [2.05, 4.69) is 21.9 Å². The predicted molar refractivity (Wildman–Crippen MR) is 79.7 cm³/mol. The Kier molecular flexibility index (Phi) is 4.16. The number of hydrogen-bond acceptors (Lipinski definition) is 3. The molecule has 2 aromatic rings. The molecule has 1 fully saturated rings. The standard InChI is InChI=1S/C15H19N3OS/c19-15(3-2-13-6-11-20-12-13)17-9-4-14(5-10-17)18-8-1-7-16-18/h1,6-8,11-12,14H,2-5,9-10H2. The molecule has 3 heterocycles. The summed E-state index contributed by atoms with van der Waals surface area (Å²) in [6.07, 6.45) is 7.33. The van der Waals surface area contributed by atoms with E-state index in [0.717, 1.165) is 32.4 Å². The Morgan fingerprint density at radius 3 is 2.90 bits per heavy atom. The SMILES string of the molecule is O=C(CCc1ccsc1)N1CCC(n2cccn2)CC1. The van der Waals surface area contributed by atoms with Crippen molar-refractivity contribution in [1.82, 2.24) is 14.7 Å². The van der Waals surface area contributed by atoms with Gasteiger partial charge in [0.15, 0.2) is 0 Å². The number of piperidine rings is 1. The molecule has 0 radical (unpaired) electrons. The van der Waals surface area contributed by atoms with E-state index in [1.165, 1.54) is 5.56 Å². The fraction of sp³-hybridized carbons (Fsp3) is 0.467. The van der Waals surface area contributed by atoms with Crippen molar-refractivity contribution in [3.63, 3.8) is 0 Å². The third kappa shape index (κ3) is 3.10. The van der Waals surface area contributed by atoms with E-state index in [1.807, 2.05) is 28.0 Å². The van der Waals surface area contributed by atoms with Gasteiger partial charge in [0.05, 0.1) is 6.04 Å². The van der Waals surface area contributed by atoms with Crippen molar-refractivity contribution in [2.45, 2.75) is 31.7 Å². The number of amides is 1. The summed E-state index contributed by atoms with van der Waals surface area (Å²) in [7, 11) is 0. The molecule has 0 aromatic carbocycles. The number of carbonyl (C=O) groups is 1. The Morgan fingerprint density at radius 1 is 1.40 bits per heavy atom. The maximum atomic E-state index is 12.2. The second kappa shape index (κ2) is 6.22. The zero-order valence-electron chi connectivity index (χ0n) is 11.4. The van der Waals surface area contributed by atoms with E-state index >= 15 is 0 Å². The Morgan fingerprint density at radius 2 is 2.25 bits per heavy atom. The van der Waals surface area contributed by atoms with Crippen LogP contribution in [0.4, 0.5) is 0 Å². The minimum absolute atomic E-state index is 0.287. The minimum atomic E-state index is 0.287. The molecule has 1 aliphatic heterocycles. The zero-order valence-corrected chi connectivity index (χ0v) is 12.3. The molecule has 2 aromatic heterocycles. The largest absolute Gasteiger partial charge is 0.343 e. The summed E-state index contributed by atoms with van der Waals surface area (Å²) in [6, 6.07) is 4.51. The lowest BCUT2D eigenvalue weighted by molar-refractivity contribution is -0.132. The highest BCUT2D eigenvalue weighted by molar-refractivity contribution is 7.07. The lowest BCUT2D eigenvalue weighted by Gasteiger charge is -2.32. The first-order valence-electron chi connectivity index (χ1n) is 7.11. The van der Waals surface area contributed by atoms with Gasteiger partial charge in [-0.3, -0.25) is 9.48 Å². The van der Waals surface area contributed by atoms with E-state index < -0.39 is 0 Å². The van der Waals surface area contributed by atoms with Crippen LogP contribution in [-0.4, -0.2) is 33.7 Å². The molecule has 4 nitrogen and oxygen atoms in total. The van der Waals surface area contributed by atoms with Gasteiger partial charge in [0, 0.05) is 31.9 Å². The Hall–Kier alpha value is -1.62. The highest BCUT2D eigenvalue weighted by atomic mass is 32.1. The summed E-state index contributed by atoms with van der Waals surface area (Å²) >= 11 is 1.69. The molecule has 0 spiro atoms. The summed E-state index contributed by atoms with van der Waals surface area (Å²) in [6.45, 7) is 1.71. The van der Waals surface area contributed by atoms with Gasteiger partial charge in [-0.25, -0.2) is 0 Å². The summed E-state index contributed by atoms with van der Waals surface area (Å²) in [5, 5.41) is 8.48. The van der Waals surface area contributed by atoms with Crippen LogP contribution >= 0.6 is 11.3 Å². The average molecular weight is 289 g/mol. The van der Waals surface area contributed by atoms with Crippen LogP contribution in [0.5, 0.6) is 0 Å². The molecule has 0 saturated carbocycles. The second-order valence-corrected chi connectivity index (χ2v) is 6.01. The highest BCUT2D eigenvalue weighted by Gasteiger charge is 2.23. The number of carbonyl (C=O) groups excluding carboxylic acids is 1. The molecule has 0 bridgehead atoms. The second-order valence-electron chi connectivity index (χ2n) is 5.23. The normalized spacial score (nSPS) is 16.5. The summed E-state index contributed by atoms with van der Waals surface area (Å²) < 4.78 is 2.02. The maximum absolute atomic E-state index is 12.2. The van der Waals surface area contributed by atoms with Crippen LogP contribution in [0, 0.1) is 0 Å². The molecule has 20 heavy (non-hydrogen) atoms. The fourth-order valence-corrected chi connectivity index (χ4v) is 3.42. The lowest BCUT2D eigenvalue weighted by Crippen LogP contribution is -2.39. The summed E-state index contributed by atoms with van der Waals surface area (Å²) in [5.41, 5.74) is 1.27. The summed E-state index contributed by atoms with van der Waals surface area (Å²) in [4.78, 5) is 14.2. The van der Waals surface area contributed by atoms with Gasteiger partial charge in [0.2, 0.25) is 5.91 Å². The number of aromatic nitrogens is 2. The molecule has 0 aliphatic carbocycles. The molecule has 5 heteroatoms. The van der Waals surface area contributed by atoms with E-state index in [9.17, 15) is 4.79 Å². The molecule has 106 valence electrons. The number of aryl methyl sites for hydroxylation is 1. The van der Waals surface area contributed by atoms with Crippen molar-refractivity contribution in [2.75, 3.05) is 13.1 Å². The van der Waals surface area contributed by atoms with Gasteiger partial charge in [-0.1, -0.05) is 0 Å². The molecular weight excluding hydrogens is 270 g/mol. The molecule has 0 atom stereocenters. The van der Waals surface area contributed by atoms with Crippen LogP contribution < -0.4 is 0 Å². The third-order valence-corrected chi connectivity index (χ3v) is 4.66. The van der Waals surface area contributed by atoms with Gasteiger partial charge >= 0.3 is 0 Å². The molecule has 0 unspecified atom stereocenters. The van der Waals surface area contributed by atoms with Crippen molar-refractivity contribution in [3.8, 4) is 0 Å². The number of nitrogens with zero attached hydrogens (tertiary/aromatic N) is 3. The average Bonchev–Trinajstić information content (AvgIpc) is 3.18. The summed E-state index contributed by atoms with van der Waals surface area (Å²) in [5.74, 6) is 0.287. The van der Waals surface area contributed by atoms with Gasteiger partial charge in [0.1, 0.15) is 0 Å². The van der Waals surface area contributed by atoms with Crippen LogP contribution in [0.25, 0.3) is 0 Å². The van der Waals surface area contributed by atoms with Gasteiger partial charge in [-0.2, -0.15) is 16.4 Å². The van der Waals surface area contributed by atoms with E-state index in [1.54, 1.807) is 11.3 Å². The monoisotopic (exact) mass is 289 g/mol. The Balaban J connectivity index is 1.46. The van der Waals surface area contributed by atoms with Crippen molar-refractivity contribution >= 4 is 17.2 Å². The van der Waals surface area contributed by atoms with E-state index in [4.69, 9.17) is 0 Å². The Bertz CT molecular complexity index is 527. The highest BCUT2D eigenvalue weighted by Crippen LogP contribution is 2.22. The van der Waals surface area contributed by atoms with Gasteiger partial charge in [-0.15, -0.1) is 0 Å². The molecular formula is C15H19N3OS. The predicted octanol–water partition coefficient (Wildman–Crippen LogP) is 2.74. The topological polar surface area (TPSA) is 38.1 Å². The number of likely N-dealkylation sites (tertiary alicyclic amines) is 1. The minimum Gasteiger partial charge on any atom is -0.343 e. The lowest BCUT2D eigenvalue weighted by atomic mass is 10.0. The number of hydrogen-bond donors (Lipinski definition) is 0. The molecule has 1 saturated heterocycles. The first-order chi connectivity index (χ1) is 9.83. The number of thiophene rings is 1. The number of rotatable bonds is 4. The van der Waals surface area contributed by atoms with Crippen molar-refractivity contribution in [3.05, 3.63) is 40.8 Å². The van der Waals surface area contributed by atoms with Gasteiger partial charge in [-0.05, 0) is 47.7 Å². The van der Waals surface area contributed by atoms with Crippen LogP contribution in [0.2, 0.25) is 0 Å². The van der Waals surface area contributed by atoms with Crippen molar-refractivity contribution in [1.29, 1.82) is 0 Å². The maximum Gasteiger partial charge on any atom is 0.222 e. The first-order valence-corrected chi connectivity index (χ1v) is 8.05. The van der Waals surface area contributed by atoms with E-state index in [-0.39, 0.29) is 5.91 Å². The smallest absolute Gasteiger partial charge is 0.222 e.